The van der Waals surface area contributed by atoms with Crippen LogP contribution in [0, 0.1) is 5.82 Å². The average Bonchev–Trinajstić information content (AvgIpc) is 2.33. The van der Waals surface area contributed by atoms with Gasteiger partial charge in [0.05, 0.1) is 10.0 Å². The van der Waals surface area contributed by atoms with Crippen LogP contribution in [0.4, 0.5) is 4.39 Å². The van der Waals surface area contributed by atoms with E-state index in [1.807, 2.05) is 0 Å². The zero-order valence-electron chi connectivity index (χ0n) is 10.0. The first kappa shape index (κ1) is 15.1. The zero-order chi connectivity index (χ0) is 14.8. The quantitative estimate of drug-likeness (QED) is 0.792. The lowest BCUT2D eigenvalue weighted by atomic mass is 10.2. The normalized spacial score (nSPS) is 11.3. The standard InChI is InChI=1S/C13H9Cl2FO3S/c14-12-5-4-9(6-13(12)15)8-20(17,18)19-11-3-1-2-10(16)7-11/h1-7H,8H2. The van der Waals surface area contributed by atoms with Gasteiger partial charge in [0.2, 0.25) is 0 Å². The number of halogens is 3. The zero-order valence-corrected chi connectivity index (χ0v) is 12.3. The fraction of sp³-hybridized carbons (Fsp3) is 0.0769. The largest absolute Gasteiger partial charge is 0.382 e. The van der Waals surface area contributed by atoms with E-state index >= 15 is 0 Å². The molecule has 0 aliphatic heterocycles. The molecular formula is C13H9Cl2FO3S. The molecule has 0 bridgehead atoms. The van der Waals surface area contributed by atoms with Gasteiger partial charge in [-0.3, -0.25) is 0 Å². The topological polar surface area (TPSA) is 43.4 Å². The highest BCUT2D eigenvalue weighted by Gasteiger charge is 2.15. The Hall–Kier alpha value is -1.30. The van der Waals surface area contributed by atoms with Gasteiger partial charge in [0.1, 0.15) is 17.3 Å². The Labute approximate surface area is 126 Å². The summed E-state index contributed by atoms with van der Waals surface area (Å²) in [5.74, 6) is -1.04. The van der Waals surface area contributed by atoms with Gasteiger partial charge >= 0.3 is 10.1 Å². The lowest BCUT2D eigenvalue weighted by Gasteiger charge is -2.07. The Morgan fingerprint density at radius 2 is 1.80 bits per heavy atom. The molecule has 2 rings (SSSR count). The molecule has 2 aromatic carbocycles. The van der Waals surface area contributed by atoms with E-state index in [4.69, 9.17) is 27.4 Å². The molecule has 0 spiro atoms. The number of hydrogen-bond donors (Lipinski definition) is 0. The van der Waals surface area contributed by atoms with Crippen LogP contribution in [0.25, 0.3) is 0 Å². The van der Waals surface area contributed by atoms with E-state index in [0.29, 0.717) is 10.6 Å². The molecule has 106 valence electrons. The van der Waals surface area contributed by atoms with Crippen molar-refractivity contribution < 1.29 is 17.0 Å². The molecule has 0 unspecified atom stereocenters. The van der Waals surface area contributed by atoms with E-state index in [1.54, 1.807) is 0 Å². The first-order valence-corrected chi connectivity index (χ1v) is 7.81. The van der Waals surface area contributed by atoms with Gasteiger partial charge < -0.3 is 4.18 Å². The van der Waals surface area contributed by atoms with Crippen molar-refractivity contribution in [2.75, 3.05) is 0 Å². The molecule has 3 nitrogen and oxygen atoms in total. The Morgan fingerprint density at radius 1 is 1.05 bits per heavy atom. The molecular weight excluding hydrogens is 326 g/mol. The minimum absolute atomic E-state index is 0.0786. The highest BCUT2D eigenvalue weighted by Crippen LogP contribution is 2.24. The molecule has 0 saturated heterocycles. The predicted octanol–water partition coefficient (Wildman–Crippen LogP) is 4.04. The summed E-state index contributed by atoms with van der Waals surface area (Å²) in [7, 11) is -3.90. The van der Waals surface area contributed by atoms with Crippen LogP contribution in [0.5, 0.6) is 5.75 Å². The summed E-state index contributed by atoms with van der Waals surface area (Å²) in [6.07, 6.45) is 0. The van der Waals surface area contributed by atoms with Crippen molar-refractivity contribution in [2.24, 2.45) is 0 Å². The number of hydrogen-bond acceptors (Lipinski definition) is 3. The minimum Gasteiger partial charge on any atom is -0.382 e. The summed E-state index contributed by atoms with van der Waals surface area (Å²) >= 11 is 11.6. The van der Waals surface area contributed by atoms with Crippen LogP contribution in [0.3, 0.4) is 0 Å². The van der Waals surface area contributed by atoms with Gasteiger partial charge in [0, 0.05) is 6.07 Å². The summed E-state index contributed by atoms with van der Waals surface area (Å²) < 4.78 is 41.5. The van der Waals surface area contributed by atoms with Crippen molar-refractivity contribution in [1.82, 2.24) is 0 Å². The van der Waals surface area contributed by atoms with Crippen LogP contribution in [0.1, 0.15) is 5.56 Å². The molecule has 20 heavy (non-hydrogen) atoms. The van der Waals surface area contributed by atoms with Crippen molar-refractivity contribution >= 4 is 33.3 Å². The second-order valence-corrected chi connectivity index (χ2v) is 6.38. The molecule has 0 atom stereocenters. The molecule has 0 aliphatic carbocycles. The maximum atomic E-state index is 13.0. The van der Waals surface area contributed by atoms with E-state index in [-0.39, 0.29) is 16.5 Å². The van der Waals surface area contributed by atoms with Crippen LogP contribution in [-0.2, 0) is 15.9 Å². The lowest BCUT2D eigenvalue weighted by Crippen LogP contribution is -2.12. The predicted molar refractivity (Wildman–Crippen MR) is 76.1 cm³/mol. The Bertz CT molecular complexity index is 732. The summed E-state index contributed by atoms with van der Waals surface area (Å²) in [6.45, 7) is 0. The van der Waals surface area contributed by atoms with Crippen molar-refractivity contribution in [3.63, 3.8) is 0 Å². The van der Waals surface area contributed by atoms with Gasteiger partial charge in [-0.25, -0.2) is 4.39 Å². The van der Waals surface area contributed by atoms with Gasteiger partial charge in [0.25, 0.3) is 0 Å². The SMILES string of the molecule is O=S(=O)(Cc1ccc(Cl)c(Cl)c1)Oc1cccc(F)c1. The fourth-order valence-corrected chi connectivity index (χ4v) is 2.89. The second kappa shape index (κ2) is 5.99. The van der Waals surface area contributed by atoms with Crippen molar-refractivity contribution in [2.45, 2.75) is 5.75 Å². The molecule has 0 saturated carbocycles. The third-order valence-corrected chi connectivity index (χ3v) is 4.22. The van der Waals surface area contributed by atoms with Gasteiger partial charge in [-0.05, 0) is 29.8 Å². The summed E-state index contributed by atoms with van der Waals surface area (Å²) in [5, 5.41) is 0.587. The monoisotopic (exact) mass is 334 g/mol. The number of benzene rings is 2. The molecule has 0 N–H and O–H groups in total. The Morgan fingerprint density at radius 3 is 2.45 bits per heavy atom. The van der Waals surface area contributed by atoms with Crippen LogP contribution in [0.2, 0.25) is 10.0 Å². The summed E-state index contributed by atoms with van der Waals surface area (Å²) in [5.41, 5.74) is 0.427. The van der Waals surface area contributed by atoms with Crippen LogP contribution >= 0.6 is 23.2 Å². The highest BCUT2D eigenvalue weighted by atomic mass is 35.5. The molecule has 0 fully saturated rings. The van der Waals surface area contributed by atoms with Gasteiger partial charge in [-0.1, -0.05) is 35.3 Å². The van der Waals surface area contributed by atoms with Gasteiger partial charge in [-0.15, -0.1) is 0 Å². The Balaban J connectivity index is 2.17. The van der Waals surface area contributed by atoms with Crippen LogP contribution in [-0.4, -0.2) is 8.42 Å². The second-order valence-electron chi connectivity index (χ2n) is 3.99. The van der Waals surface area contributed by atoms with Crippen molar-refractivity contribution in [3.8, 4) is 5.75 Å². The van der Waals surface area contributed by atoms with Crippen LogP contribution < -0.4 is 4.18 Å². The smallest absolute Gasteiger partial charge is 0.313 e. The maximum absolute atomic E-state index is 13.0. The first-order valence-electron chi connectivity index (χ1n) is 5.47. The molecule has 7 heteroatoms. The van der Waals surface area contributed by atoms with E-state index in [0.717, 1.165) is 6.07 Å². The van der Waals surface area contributed by atoms with E-state index < -0.39 is 15.9 Å². The first-order chi connectivity index (χ1) is 9.35. The fourth-order valence-electron chi connectivity index (χ4n) is 1.53. The van der Waals surface area contributed by atoms with Gasteiger partial charge in [0.15, 0.2) is 0 Å². The summed E-state index contributed by atoms with van der Waals surface area (Å²) in [4.78, 5) is 0. The average molecular weight is 335 g/mol. The number of rotatable bonds is 4. The third kappa shape index (κ3) is 4.10. The van der Waals surface area contributed by atoms with Crippen molar-refractivity contribution in [1.29, 1.82) is 0 Å². The van der Waals surface area contributed by atoms with E-state index in [9.17, 15) is 12.8 Å². The van der Waals surface area contributed by atoms with Crippen LogP contribution in [0.15, 0.2) is 42.5 Å². The van der Waals surface area contributed by atoms with E-state index in [2.05, 4.69) is 0 Å². The molecule has 0 heterocycles. The molecule has 2 aromatic rings. The Kier molecular flexibility index (Phi) is 4.52. The highest BCUT2D eigenvalue weighted by molar-refractivity contribution is 7.86. The molecule has 0 aliphatic rings. The van der Waals surface area contributed by atoms with Gasteiger partial charge in [-0.2, -0.15) is 8.42 Å². The maximum Gasteiger partial charge on any atom is 0.313 e. The van der Waals surface area contributed by atoms with Crippen molar-refractivity contribution in [3.05, 3.63) is 63.9 Å². The molecule has 0 aromatic heterocycles. The molecule has 0 amide bonds. The third-order valence-electron chi connectivity index (χ3n) is 2.35. The molecule has 0 radical (unpaired) electrons. The minimum atomic E-state index is -3.90. The summed E-state index contributed by atoms with van der Waals surface area (Å²) in [6, 6.07) is 9.37. The van der Waals surface area contributed by atoms with E-state index in [1.165, 1.54) is 36.4 Å². The lowest BCUT2D eigenvalue weighted by molar-refractivity contribution is 0.482.